The van der Waals surface area contributed by atoms with Crippen LogP contribution in [0.3, 0.4) is 0 Å². The molecular weight excluding hydrogens is 393 g/mol. The van der Waals surface area contributed by atoms with E-state index in [0.29, 0.717) is 5.56 Å². The lowest BCUT2D eigenvalue weighted by Gasteiger charge is -2.28. The summed E-state index contributed by atoms with van der Waals surface area (Å²) in [7, 11) is -3.86. The minimum atomic E-state index is -3.86. The van der Waals surface area contributed by atoms with Gasteiger partial charge in [0.15, 0.2) is 0 Å². The molecule has 0 radical (unpaired) electrons. The van der Waals surface area contributed by atoms with Crippen molar-refractivity contribution in [2.24, 2.45) is 5.92 Å². The largest absolute Gasteiger partial charge is 0.319 e. The van der Waals surface area contributed by atoms with Crippen molar-refractivity contribution in [2.45, 2.75) is 37.6 Å². The molecule has 0 saturated carbocycles. The van der Waals surface area contributed by atoms with Crippen LogP contribution < -0.4 is 15.4 Å². The summed E-state index contributed by atoms with van der Waals surface area (Å²) < 4.78 is 42.5. The van der Waals surface area contributed by atoms with Gasteiger partial charge < -0.3 is 10.6 Å². The van der Waals surface area contributed by atoms with E-state index in [1.807, 2.05) is 13.0 Å². The fourth-order valence-corrected chi connectivity index (χ4v) is 4.86. The van der Waals surface area contributed by atoms with Crippen molar-refractivity contribution >= 4 is 21.6 Å². The van der Waals surface area contributed by atoms with Gasteiger partial charge >= 0.3 is 0 Å². The van der Waals surface area contributed by atoms with E-state index in [4.69, 9.17) is 0 Å². The van der Waals surface area contributed by atoms with E-state index in [1.54, 1.807) is 25.1 Å². The Labute approximate surface area is 171 Å². The lowest BCUT2D eigenvalue weighted by Crippen LogP contribution is -2.42. The van der Waals surface area contributed by atoms with Crippen LogP contribution in [0.25, 0.3) is 0 Å². The Hall–Kier alpha value is -2.29. The van der Waals surface area contributed by atoms with Crippen molar-refractivity contribution in [3.63, 3.8) is 0 Å². The molecule has 1 aliphatic rings. The summed E-state index contributed by atoms with van der Waals surface area (Å²) in [5, 5.41) is 5.75. The van der Waals surface area contributed by atoms with E-state index in [0.717, 1.165) is 37.6 Å². The number of benzene rings is 2. The van der Waals surface area contributed by atoms with E-state index in [9.17, 15) is 17.6 Å². The quantitative estimate of drug-likeness (QED) is 0.672. The maximum atomic E-state index is 14.5. The van der Waals surface area contributed by atoms with Gasteiger partial charge in [0.2, 0.25) is 10.0 Å². The monoisotopic (exact) mass is 419 g/mol. The zero-order chi connectivity index (χ0) is 21.0. The van der Waals surface area contributed by atoms with E-state index < -0.39 is 21.7 Å². The molecule has 2 aromatic carbocycles. The first kappa shape index (κ1) is 21.4. The normalized spacial score (nSPS) is 16.4. The third kappa shape index (κ3) is 5.20. The highest BCUT2D eigenvalue weighted by molar-refractivity contribution is 7.89. The van der Waals surface area contributed by atoms with Gasteiger partial charge in [-0.05, 0) is 75.5 Å². The highest BCUT2D eigenvalue weighted by Crippen LogP contribution is 2.22. The molecule has 3 N–H and O–H groups in total. The Kier molecular flexibility index (Phi) is 6.66. The fourth-order valence-electron chi connectivity index (χ4n) is 3.53. The SMILES string of the molecule is Cc1ccccc1C(=O)Nc1ccc(S(=O)(=O)N[C@H](C)C2CCNCC2)cc1F. The summed E-state index contributed by atoms with van der Waals surface area (Å²) in [6.07, 6.45) is 1.78. The first-order valence-electron chi connectivity index (χ1n) is 9.67. The maximum Gasteiger partial charge on any atom is 0.256 e. The van der Waals surface area contributed by atoms with Crippen LogP contribution in [0.5, 0.6) is 0 Å². The maximum absolute atomic E-state index is 14.5. The van der Waals surface area contributed by atoms with Crippen LogP contribution >= 0.6 is 0 Å². The van der Waals surface area contributed by atoms with Gasteiger partial charge in [-0.25, -0.2) is 17.5 Å². The third-order valence-corrected chi connectivity index (χ3v) is 6.88. The van der Waals surface area contributed by atoms with Gasteiger partial charge in [0.05, 0.1) is 10.6 Å². The third-order valence-electron chi connectivity index (χ3n) is 5.32. The van der Waals surface area contributed by atoms with Crippen LogP contribution in [-0.4, -0.2) is 33.5 Å². The molecule has 0 bridgehead atoms. The molecule has 3 rings (SSSR count). The lowest BCUT2D eigenvalue weighted by molar-refractivity contribution is 0.102. The van der Waals surface area contributed by atoms with E-state index in [1.165, 1.54) is 12.1 Å². The smallest absolute Gasteiger partial charge is 0.256 e. The van der Waals surface area contributed by atoms with E-state index >= 15 is 0 Å². The van der Waals surface area contributed by atoms with Gasteiger partial charge in [0.1, 0.15) is 5.82 Å². The molecular formula is C21H26FN3O3S. The number of hydrogen-bond acceptors (Lipinski definition) is 4. The Balaban J connectivity index is 1.72. The molecule has 1 aliphatic heterocycles. The summed E-state index contributed by atoms with van der Waals surface area (Å²) in [4.78, 5) is 12.2. The summed E-state index contributed by atoms with van der Waals surface area (Å²) in [6, 6.07) is 10.2. The second-order valence-electron chi connectivity index (χ2n) is 7.41. The second-order valence-corrected chi connectivity index (χ2v) is 9.12. The molecule has 1 amide bonds. The number of sulfonamides is 1. The molecule has 156 valence electrons. The number of nitrogens with one attached hydrogen (secondary N) is 3. The zero-order valence-corrected chi connectivity index (χ0v) is 17.4. The van der Waals surface area contributed by atoms with Crippen molar-refractivity contribution in [1.29, 1.82) is 0 Å². The number of hydrogen-bond donors (Lipinski definition) is 3. The molecule has 0 aromatic heterocycles. The Morgan fingerprint density at radius 3 is 2.52 bits per heavy atom. The molecule has 1 atom stereocenters. The molecule has 29 heavy (non-hydrogen) atoms. The molecule has 1 fully saturated rings. The van der Waals surface area contributed by atoms with Crippen molar-refractivity contribution in [2.75, 3.05) is 18.4 Å². The number of carbonyl (C=O) groups is 1. The van der Waals surface area contributed by atoms with Crippen LogP contribution in [0.15, 0.2) is 47.4 Å². The lowest BCUT2D eigenvalue weighted by atomic mass is 9.92. The Bertz CT molecular complexity index is 988. The van der Waals surface area contributed by atoms with Gasteiger partial charge in [-0.2, -0.15) is 0 Å². The average Bonchev–Trinajstić information content (AvgIpc) is 2.70. The van der Waals surface area contributed by atoms with Gasteiger partial charge in [-0.15, -0.1) is 0 Å². The predicted octanol–water partition coefficient (Wildman–Crippen LogP) is 3.05. The number of amides is 1. The van der Waals surface area contributed by atoms with Crippen LogP contribution in [0.4, 0.5) is 10.1 Å². The number of aryl methyl sites for hydroxylation is 1. The number of rotatable bonds is 6. The number of piperidine rings is 1. The molecule has 8 heteroatoms. The Morgan fingerprint density at radius 2 is 1.86 bits per heavy atom. The molecule has 1 heterocycles. The van der Waals surface area contributed by atoms with Gasteiger partial charge in [-0.3, -0.25) is 4.79 Å². The number of anilines is 1. The van der Waals surface area contributed by atoms with Gasteiger partial charge in [-0.1, -0.05) is 18.2 Å². The molecule has 0 unspecified atom stereocenters. The molecule has 6 nitrogen and oxygen atoms in total. The average molecular weight is 420 g/mol. The minimum absolute atomic E-state index is 0.0661. The Morgan fingerprint density at radius 1 is 1.17 bits per heavy atom. The predicted molar refractivity (Wildman–Crippen MR) is 111 cm³/mol. The summed E-state index contributed by atoms with van der Waals surface area (Å²) in [6.45, 7) is 5.35. The second kappa shape index (κ2) is 9.02. The van der Waals surface area contributed by atoms with Crippen molar-refractivity contribution in [3.05, 3.63) is 59.4 Å². The minimum Gasteiger partial charge on any atom is -0.319 e. The number of halogens is 1. The highest BCUT2D eigenvalue weighted by Gasteiger charge is 2.26. The van der Waals surface area contributed by atoms with Gasteiger partial charge in [0, 0.05) is 11.6 Å². The van der Waals surface area contributed by atoms with E-state index in [-0.39, 0.29) is 22.5 Å². The molecule has 0 aliphatic carbocycles. The van der Waals surface area contributed by atoms with Crippen LogP contribution in [-0.2, 0) is 10.0 Å². The molecule has 1 saturated heterocycles. The molecule has 2 aromatic rings. The van der Waals surface area contributed by atoms with E-state index in [2.05, 4.69) is 15.4 Å². The first-order chi connectivity index (χ1) is 13.8. The fraction of sp³-hybridized carbons (Fsp3) is 0.381. The summed E-state index contributed by atoms with van der Waals surface area (Å²) >= 11 is 0. The highest BCUT2D eigenvalue weighted by atomic mass is 32.2. The van der Waals surface area contributed by atoms with Crippen LogP contribution in [0.2, 0.25) is 0 Å². The van der Waals surface area contributed by atoms with Crippen molar-refractivity contribution < 1.29 is 17.6 Å². The van der Waals surface area contributed by atoms with Crippen LogP contribution in [0.1, 0.15) is 35.7 Å². The van der Waals surface area contributed by atoms with Gasteiger partial charge in [0.25, 0.3) is 5.91 Å². The summed E-state index contributed by atoms with van der Waals surface area (Å²) in [5.41, 5.74) is 1.13. The van der Waals surface area contributed by atoms with Crippen molar-refractivity contribution in [3.8, 4) is 0 Å². The first-order valence-corrected chi connectivity index (χ1v) is 11.2. The standard InChI is InChI=1S/C21H26FN3O3S/c1-14-5-3-4-6-18(14)21(26)24-20-8-7-17(13-19(20)22)29(27,28)25-15(2)16-9-11-23-12-10-16/h3-8,13,15-16,23,25H,9-12H2,1-2H3,(H,24,26)/t15-/m1/s1. The number of carbonyl (C=O) groups excluding carboxylic acids is 1. The topological polar surface area (TPSA) is 87.3 Å². The molecule has 0 spiro atoms. The summed E-state index contributed by atoms with van der Waals surface area (Å²) in [5.74, 6) is -1.01. The van der Waals surface area contributed by atoms with Crippen LogP contribution in [0, 0.1) is 18.7 Å². The zero-order valence-electron chi connectivity index (χ0n) is 16.5. The van der Waals surface area contributed by atoms with Crippen molar-refractivity contribution in [1.82, 2.24) is 10.0 Å².